The van der Waals surface area contributed by atoms with Crippen molar-refractivity contribution in [2.75, 3.05) is 29.9 Å². The largest absolute Gasteiger partial charge is 0.376 e. The summed E-state index contributed by atoms with van der Waals surface area (Å²) >= 11 is 0. The van der Waals surface area contributed by atoms with E-state index in [1.54, 1.807) is 18.2 Å². The zero-order chi connectivity index (χ0) is 24.6. The Balaban J connectivity index is 1.59. The molecule has 2 unspecified atom stereocenters. The van der Waals surface area contributed by atoms with Crippen LogP contribution in [0.25, 0.3) is 0 Å². The third-order valence-corrected chi connectivity index (χ3v) is 7.07. The number of halogens is 1. The van der Waals surface area contributed by atoms with Gasteiger partial charge in [-0.2, -0.15) is 0 Å². The molecule has 2 N–H and O–H groups in total. The molecule has 5 rings (SSSR count). The number of benzene rings is 2. The van der Waals surface area contributed by atoms with Crippen molar-refractivity contribution in [2.45, 2.75) is 51.7 Å². The summed E-state index contributed by atoms with van der Waals surface area (Å²) in [5, 5.41) is 6.47. The lowest BCUT2D eigenvalue weighted by molar-refractivity contribution is -0.121. The van der Waals surface area contributed by atoms with Crippen LogP contribution in [0.2, 0.25) is 0 Å². The van der Waals surface area contributed by atoms with Crippen LogP contribution in [0.3, 0.4) is 0 Å². The summed E-state index contributed by atoms with van der Waals surface area (Å²) in [6, 6.07) is 13.5. The van der Waals surface area contributed by atoms with Gasteiger partial charge in [-0.25, -0.2) is 4.39 Å². The molecule has 2 atom stereocenters. The Bertz CT molecular complexity index is 1170. The van der Waals surface area contributed by atoms with Crippen molar-refractivity contribution < 1.29 is 18.7 Å². The molecule has 1 aliphatic carbocycles. The Morgan fingerprint density at radius 2 is 1.94 bits per heavy atom. The first-order valence-electron chi connectivity index (χ1n) is 12.3. The molecule has 2 aliphatic heterocycles. The maximum Gasteiger partial charge on any atom is 0.239 e. The number of hydrogen-bond donors (Lipinski definition) is 2. The van der Waals surface area contributed by atoms with Gasteiger partial charge in [0, 0.05) is 36.4 Å². The molecule has 2 aromatic carbocycles. The van der Waals surface area contributed by atoms with E-state index in [2.05, 4.69) is 24.5 Å². The Kier molecular flexibility index (Phi) is 6.36. The molecule has 1 fully saturated rings. The lowest BCUT2D eigenvalue weighted by Crippen LogP contribution is -2.43. The fourth-order valence-corrected chi connectivity index (χ4v) is 5.49. The molecule has 184 valence electrons. The van der Waals surface area contributed by atoms with Crippen molar-refractivity contribution in [3.8, 4) is 0 Å². The van der Waals surface area contributed by atoms with Gasteiger partial charge in [-0.05, 0) is 42.9 Å². The lowest BCUT2D eigenvalue weighted by atomic mass is 9.73. The predicted molar refractivity (Wildman–Crippen MR) is 134 cm³/mol. The van der Waals surface area contributed by atoms with Gasteiger partial charge in [0.2, 0.25) is 5.91 Å². The maximum atomic E-state index is 15.3. The van der Waals surface area contributed by atoms with E-state index in [0.717, 1.165) is 36.5 Å². The van der Waals surface area contributed by atoms with E-state index < -0.39 is 11.9 Å². The molecule has 2 aromatic rings. The van der Waals surface area contributed by atoms with Gasteiger partial charge >= 0.3 is 0 Å². The van der Waals surface area contributed by atoms with E-state index in [4.69, 9.17) is 4.74 Å². The van der Waals surface area contributed by atoms with Crippen LogP contribution >= 0.6 is 0 Å². The summed E-state index contributed by atoms with van der Waals surface area (Å²) < 4.78 is 20.9. The summed E-state index contributed by atoms with van der Waals surface area (Å²) in [6.07, 6.45) is 2.97. The highest BCUT2D eigenvalue weighted by atomic mass is 19.1. The molecule has 1 amide bonds. The Morgan fingerprint density at radius 1 is 1.17 bits per heavy atom. The van der Waals surface area contributed by atoms with E-state index in [-0.39, 0.29) is 29.8 Å². The number of ketones is 1. The van der Waals surface area contributed by atoms with Gasteiger partial charge in [-0.15, -0.1) is 0 Å². The Hall–Kier alpha value is -3.19. The molecule has 1 saturated heterocycles. The van der Waals surface area contributed by atoms with Gasteiger partial charge in [0.05, 0.1) is 30.1 Å². The zero-order valence-corrected chi connectivity index (χ0v) is 20.3. The number of hydrogen-bond acceptors (Lipinski definition) is 5. The number of anilines is 2. The highest BCUT2D eigenvalue weighted by molar-refractivity contribution is 6.01. The first kappa shape index (κ1) is 23.5. The summed E-state index contributed by atoms with van der Waals surface area (Å²) in [5.74, 6) is -0.606. The van der Waals surface area contributed by atoms with Crippen LogP contribution in [-0.2, 0) is 14.3 Å². The predicted octanol–water partition coefficient (Wildman–Crippen LogP) is 4.74. The summed E-state index contributed by atoms with van der Waals surface area (Å²) in [7, 11) is 0. The minimum atomic E-state index is -0.723. The minimum Gasteiger partial charge on any atom is -0.376 e. The molecule has 35 heavy (non-hydrogen) atoms. The fraction of sp³-hybridized carbons (Fsp3) is 0.429. The van der Waals surface area contributed by atoms with Gasteiger partial charge in [0.25, 0.3) is 0 Å². The highest BCUT2D eigenvalue weighted by Gasteiger charge is 2.42. The number of amides is 1. The van der Waals surface area contributed by atoms with Crippen molar-refractivity contribution in [2.24, 2.45) is 5.41 Å². The monoisotopic (exact) mass is 477 g/mol. The van der Waals surface area contributed by atoms with Gasteiger partial charge in [0.1, 0.15) is 5.82 Å². The van der Waals surface area contributed by atoms with E-state index in [1.165, 1.54) is 6.07 Å². The van der Waals surface area contributed by atoms with Crippen LogP contribution < -0.4 is 15.5 Å². The highest BCUT2D eigenvalue weighted by Crippen LogP contribution is 2.48. The van der Waals surface area contributed by atoms with Crippen LogP contribution in [0.4, 0.5) is 15.8 Å². The smallest absolute Gasteiger partial charge is 0.239 e. The van der Waals surface area contributed by atoms with Crippen molar-refractivity contribution >= 4 is 23.1 Å². The first-order valence-corrected chi connectivity index (χ1v) is 12.3. The molecule has 0 spiro atoms. The average Bonchev–Trinajstić information content (AvgIpc) is 3.29. The standard InChI is InChI=1S/C28H32FN3O3/c1-28(2)14-22-26(24(33)15-28)27(19-9-3-4-10-20(19)29)32(23-12-6-5-11-21(23)31-22)17-25(34)30-16-18-8-7-13-35-18/h3-6,9-12,18,27,31H,7-8,13-17H2,1-2H3,(H,30,34). The molecule has 3 aliphatic rings. The van der Waals surface area contributed by atoms with Gasteiger partial charge in [-0.3, -0.25) is 9.59 Å². The number of rotatable bonds is 5. The zero-order valence-electron chi connectivity index (χ0n) is 20.3. The van der Waals surface area contributed by atoms with Gasteiger partial charge < -0.3 is 20.3 Å². The number of nitrogens with zero attached hydrogens (tertiary/aromatic N) is 1. The van der Waals surface area contributed by atoms with E-state index in [0.29, 0.717) is 30.5 Å². The van der Waals surface area contributed by atoms with Crippen LogP contribution in [-0.4, -0.2) is 37.5 Å². The number of carbonyl (C=O) groups is 2. The fourth-order valence-electron chi connectivity index (χ4n) is 5.49. The molecule has 0 bridgehead atoms. The normalized spacial score (nSPS) is 23.3. The quantitative estimate of drug-likeness (QED) is 0.651. The maximum absolute atomic E-state index is 15.3. The number of para-hydroxylation sites is 2. The van der Waals surface area contributed by atoms with E-state index in [1.807, 2.05) is 29.2 Å². The van der Waals surface area contributed by atoms with Crippen LogP contribution in [0.15, 0.2) is 59.8 Å². The number of allylic oxidation sites excluding steroid dienone is 1. The molecular formula is C28H32FN3O3. The topological polar surface area (TPSA) is 70.7 Å². The number of Topliss-reactive ketones (excluding diaryl/α,β-unsaturated/α-hetero) is 1. The first-order chi connectivity index (χ1) is 16.8. The van der Waals surface area contributed by atoms with Gasteiger partial charge in [0.15, 0.2) is 5.78 Å². The number of nitrogens with one attached hydrogen (secondary N) is 2. The van der Waals surface area contributed by atoms with Crippen molar-refractivity contribution in [3.05, 3.63) is 71.2 Å². The van der Waals surface area contributed by atoms with Crippen molar-refractivity contribution in [3.63, 3.8) is 0 Å². The lowest BCUT2D eigenvalue weighted by Gasteiger charge is -2.38. The molecule has 2 heterocycles. The number of carbonyl (C=O) groups excluding carboxylic acids is 2. The third kappa shape index (κ3) is 4.82. The minimum absolute atomic E-state index is 0.0160. The molecule has 6 nitrogen and oxygen atoms in total. The Labute approximate surface area is 205 Å². The SMILES string of the molecule is CC1(C)CC(=O)C2=C(C1)Nc1ccccc1N(CC(=O)NCC1CCCO1)C2c1ccccc1F. The third-order valence-electron chi connectivity index (χ3n) is 7.07. The van der Waals surface area contributed by atoms with Crippen LogP contribution in [0.1, 0.15) is 51.1 Å². The second-order valence-electron chi connectivity index (χ2n) is 10.5. The van der Waals surface area contributed by atoms with E-state index in [9.17, 15) is 9.59 Å². The number of fused-ring (bicyclic) bond motifs is 1. The number of ether oxygens (including phenoxy) is 1. The Morgan fingerprint density at radius 3 is 2.71 bits per heavy atom. The molecule has 0 radical (unpaired) electrons. The second-order valence-corrected chi connectivity index (χ2v) is 10.5. The van der Waals surface area contributed by atoms with Crippen LogP contribution in [0, 0.1) is 11.2 Å². The summed E-state index contributed by atoms with van der Waals surface area (Å²) in [6.45, 7) is 5.29. The van der Waals surface area contributed by atoms with E-state index >= 15 is 4.39 Å². The summed E-state index contributed by atoms with van der Waals surface area (Å²) in [5.41, 5.74) is 3.07. The van der Waals surface area contributed by atoms with Crippen LogP contribution in [0.5, 0.6) is 0 Å². The average molecular weight is 478 g/mol. The summed E-state index contributed by atoms with van der Waals surface area (Å²) in [4.78, 5) is 28.6. The van der Waals surface area contributed by atoms with Crippen molar-refractivity contribution in [1.29, 1.82) is 0 Å². The molecule has 0 aromatic heterocycles. The second kappa shape index (κ2) is 9.46. The van der Waals surface area contributed by atoms with Crippen molar-refractivity contribution in [1.82, 2.24) is 5.32 Å². The molecule has 0 saturated carbocycles. The molecule has 7 heteroatoms. The van der Waals surface area contributed by atoms with Gasteiger partial charge in [-0.1, -0.05) is 44.2 Å². The molecular weight excluding hydrogens is 445 g/mol.